The van der Waals surface area contributed by atoms with Gasteiger partial charge in [0.25, 0.3) is 5.91 Å². The normalized spacial score (nSPS) is 16.0. The Bertz CT molecular complexity index is 1080. The van der Waals surface area contributed by atoms with Gasteiger partial charge >= 0.3 is 5.97 Å². The van der Waals surface area contributed by atoms with Crippen molar-refractivity contribution in [2.75, 3.05) is 26.7 Å². The number of rotatable bonds is 9. The number of esters is 1. The average Bonchev–Trinajstić information content (AvgIpc) is 2.84. The molecule has 1 fully saturated rings. The first kappa shape index (κ1) is 25.7. The van der Waals surface area contributed by atoms with Crippen LogP contribution in [-0.4, -0.2) is 57.4 Å². The molecule has 0 radical (unpaired) electrons. The maximum Gasteiger partial charge on any atom is 0.338 e. The topological polar surface area (TPSA) is 102 Å². The minimum atomic E-state index is -3.59. The number of carbonyl (C=O) groups excluding carboxylic acids is 2. The van der Waals surface area contributed by atoms with Gasteiger partial charge in [0, 0.05) is 19.6 Å². The van der Waals surface area contributed by atoms with Crippen LogP contribution in [0.4, 0.5) is 0 Å². The highest BCUT2D eigenvalue weighted by atomic mass is 32.2. The highest BCUT2D eigenvalue weighted by molar-refractivity contribution is 7.89. The molecule has 1 amide bonds. The number of piperidine rings is 1. The van der Waals surface area contributed by atoms with Gasteiger partial charge in [0.05, 0.1) is 17.6 Å². The van der Waals surface area contributed by atoms with Crippen LogP contribution >= 0.6 is 0 Å². The van der Waals surface area contributed by atoms with Crippen molar-refractivity contribution in [1.82, 2.24) is 9.62 Å². The van der Waals surface area contributed by atoms with Gasteiger partial charge in [-0.15, -0.1) is 0 Å². The fourth-order valence-corrected chi connectivity index (χ4v) is 5.16. The van der Waals surface area contributed by atoms with Crippen molar-refractivity contribution >= 4 is 21.9 Å². The molecule has 9 heteroatoms. The predicted octanol–water partition coefficient (Wildman–Crippen LogP) is 3.02. The van der Waals surface area contributed by atoms with Crippen molar-refractivity contribution in [1.29, 1.82) is 0 Å². The monoisotopic (exact) mass is 488 g/mol. The van der Waals surface area contributed by atoms with Crippen molar-refractivity contribution in [3.63, 3.8) is 0 Å². The lowest BCUT2D eigenvalue weighted by atomic mass is 10.0. The summed E-state index contributed by atoms with van der Waals surface area (Å²) in [5.74, 6) is 0.194. The number of hydrogen-bond donors (Lipinski definition) is 1. The first-order valence-corrected chi connectivity index (χ1v) is 12.9. The summed E-state index contributed by atoms with van der Waals surface area (Å²) in [5.41, 5.74) is 1.23. The van der Waals surface area contributed by atoms with Crippen molar-refractivity contribution in [3.05, 3.63) is 59.7 Å². The third-order valence-electron chi connectivity index (χ3n) is 6.00. The van der Waals surface area contributed by atoms with Crippen LogP contribution in [0.5, 0.6) is 5.75 Å². The Morgan fingerprint density at radius 1 is 1.06 bits per heavy atom. The molecule has 0 saturated carbocycles. The van der Waals surface area contributed by atoms with E-state index in [9.17, 15) is 18.0 Å². The predicted molar refractivity (Wildman–Crippen MR) is 128 cm³/mol. The Morgan fingerprint density at radius 3 is 2.26 bits per heavy atom. The zero-order valence-electron chi connectivity index (χ0n) is 19.8. The number of benzene rings is 2. The van der Waals surface area contributed by atoms with Gasteiger partial charge in [0.2, 0.25) is 10.0 Å². The molecule has 2 aromatic rings. The summed E-state index contributed by atoms with van der Waals surface area (Å²) in [7, 11) is -1.99. The van der Waals surface area contributed by atoms with Crippen molar-refractivity contribution in [3.8, 4) is 5.75 Å². The Balaban J connectivity index is 1.49. The number of methoxy groups -OCH3 is 1. The molecule has 1 atom stereocenters. The Hall–Kier alpha value is -2.91. The second kappa shape index (κ2) is 11.5. The van der Waals surface area contributed by atoms with E-state index in [1.54, 1.807) is 7.11 Å². The highest BCUT2D eigenvalue weighted by Crippen LogP contribution is 2.23. The second-order valence-corrected chi connectivity index (χ2v) is 10.5. The molecule has 0 spiro atoms. The minimum Gasteiger partial charge on any atom is -0.497 e. The molecule has 1 aliphatic heterocycles. The van der Waals surface area contributed by atoms with Crippen LogP contribution in [0, 0.1) is 5.92 Å². The zero-order valence-corrected chi connectivity index (χ0v) is 20.6. The summed E-state index contributed by atoms with van der Waals surface area (Å²) in [6.07, 6.45) is 1.32. The summed E-state index contributed by atoms with van der Waals surface area (Å²) < 4.78 is 37.5. The molecule has 1 heterocycles. The standard InChI is InChI=1S/C25H32N2O6S/c1-18-13-16-27(17-14-18)34(30,31)23-10-6-21(7-11-23)25(29)33-19(2)24(28)26-15-12-20-4-8-22(32-3)9-5-20/h4-11,18-19H,12-17H2,1-3H3,(H,26,28). The smallest absolute Gasteiger partial charge is 0.338 e. The third-order valence-corrected chi connectivity index (χ3v) is 7.91. The summed E-state index contributed by atoms with van der Waals surface area (Å²) in [6, 6.07) is 13.2. The molecule has 1 saturated heterocycles. The molecule has 34 heavy (non-hydrogen) atoms. The number of ether oxygens (including phenoxy) is 2. The van der Waals surface area contributed by atoms with Gasteiger partial charge in [-0.1, -0.05) is 19.1 Å². The fraction of sp³-hybridized carbons (Fsp3) is 0.440. The highest BCUT2D eigenvalue weighted by Gasteiger charge is 2.28. The number of sulfonamides is 1. The maximum atomic E-state index is 12.8. The number of carbonyl (C=O) groups is 2. The Kier molecular flexibility index (Phi) is 8.68. The first-order chi connectivity index (χ1) is 16.2. The molecule has 8 nitrogen and oxygen atoms in total. The van der Waals surface area contributed by atoms with Crippen LogP contribution in [0.1, 0.15) is 42.6 Å². The molecule has 1 unspecified atom stereocenters. The quantitative estimate of drug-likeness (QED) is 0.545. The average molecular weight is 489 g/mol. The number of nitrogens with one attached hydrogen (secondary N) is 1. The Labute approximate surface area is 201 Å². The molecular weight excluding hydrogens is 456 g/mol. The molecule has 0 aliphatic carbocycles. The van der Waals surface area contributed by atoms with Gasteiger partial charge in [-0.2, -0.15) is 4.31 Å². The first-order valence-electron chi connectivity index (χ1n) is 11.4. The lowest BCUT2D eigenvalue weighted by Gasteiger charge is -2.29. The summed E-state index contributed by atoms with van der Waals surface area (Å²) in [5, 5.41) is 2.75. The SMILES string of the molecule is COc1ccc(CCNC(=O)C(C)OC(=O)c2ccc(S(=O)(=O)N3CCC(C)CC3)cc2)cc1. The van der Waals surface area contributed by atoms with Crippen molar-refractivity contribution < 1.29 is 27.5 Å². The second-order valence-electron chi connectivity index (χ2n) is 8.55. The van der Waals surface area contributed by atoms with Crippen LogP contribution in [0.25, 0.3) is 0 Å². The lowest BCUT2D eigenvalue weighted by Crippen LogP contribution is -2.38. The zero-order chi connectivity index (χ0) is 24.7. The van der Waals surface area contributed by atoms with E-state index in [4.69, 9.17) is 9.47 Å². The van der Waals surface area contributed by atoms with E-state index in [2.05, 4.69) is 12.2 Å². The van der Waals surface area contributed by atoms with E-state index < -0.39 is 28.0 Å². The third kappa shape index (κ3) is 6.57. The van der Waals surface area contributed by atoms with Crippen LogP contribution < -0.4 is 10.1 Å². The number of hydrogen-bond acceptors (Lipinski definition) is 6. The molecule has 184 valence electrons. The van der Waals surface area contributed by atoms with E-state index in [0.29, 0.717) is 32.0 Å². The van der Waals surface area contributed by atoms with Gasteiger partial charge in [0.15, 0.2) is 6.10 Å². The van der Waals surface area contributed by atoms with Gasteiger partial charge in [0.1, 0.15) is 5.75 Å². The molecule has 1 N–H and O–H groups in total. The minimum absolute atomic E-state index is 0.142. The molecular formula is C25H32N2O6S. The summed E-state index contributed by atoms with van der Waals surface area (Å²) in [6.45, 7) is 5.01. The van der Waals surface area contributed by atoms with Gasteiger partial charge in [-0.05, 0) is 74.1 Å². The van der Waals surface area contributed by atoms with Crippen molar-refractivity contribution in [2.24, 2.45) is 5.92 Å². The Morgan fingerprint density at radius 2 is 1.68 bits per heavy atom. The van der Waals surface area contributed by atoms with E-state index in [1.165, 1.54) is 35.5 Å². The molecule has 0 bridgehead atoms. The van der Waals surface area contributed by atoms with E-state index in [0.717, 1.165) is 24.2 Å². The fourth-order valence-electron chi connectivity index (χ4n) is 3.69. The van der Waals surface area contributed by atoms with E-state index in [-0.39, 0.29) is 10.5 Å². The van der Waals surface area contributed by atoms with Crippen molar-refractivity contribution in [2.45, 2.75) is 44.1 Å². The molecule has 2 aromatic carbocycles. The summed E-state index contributed by atoms with van der Waals surface area (Å²) in [4.78, 5) is 24.9. The van der Waals surface area contributed by atoms with Crippen LogP contribution in [0.2, 0.25) is 0 Å². The van der Waals surface area contributed by atoms with Gasteiger partial charge < -0.3 is 14.8 Å². The molecule has 3 rings (SSSR count). The van der Waals surface area contributed by atoms with Crippen LogP contribution in [-0.2, 0) is 26.0 Å². The van der Waals surface area contributed by atoms with Crippen LogP contribution in [0.3, 0.4) is 0 Å². The van der Waals surface area contributed by atoms with Crippen LogP contribution in [0.15, 0.2) is 53.4 Å². The molecule has 1 aliphatic rings. The van der Waals surface area contributed by atoms with E-state index in [1.807, 2.05) is 24.3 Å². The largest absolute Gasteiger partial charge is 0.497 e. The van der Waals surface area contributed by atoms with Gasteiger partial charge in [-0.25, -0.2) is 13.2 Å². The number of amides is 1. The summed E-state index contributed by atoms with van der Waals surface area (Å²) >= 11 is 0. The number of nitrogens with zero attached hydrogens (tertiary/aromatic N) is 1. The lowest BCUT2D eigenvalue weighted by molar-refractivity contribution is -0.129. The van der Waals surface area contributed by atoms with E-state index >= 15 is 0 Å². The molecule has 0 aromatic heterocycles. The maximum absolute atomic E-state index is 12.8. The van der Waals surface area contributed by atoms with Gasteiger partial charge in [-0.3, -0.25) is 4.79 Å².